The lowest BCUT2D eigenvalue weighted by Crippen LogP contribution is -2.18. The summed E-state index contributed by atoms with van der Waals surface area (Å²) >= 11 is 0. The van der Waals surface area contributed by atoms with Crippen molar-refractivity contribution in [2.24, 2.45) is 0 Å². The first-order chi connectivity index (χ1) is 8.70. The van der Waals surface area contributed by atoms with Crippen LogP contribution in [0.3, 0.4) is 0 Å². The molecular formula is C14H21N3O. The third kappa shape index (κ3) is 3.53. The molecule has 0 aromatic carbocycles. The Bertz CT molecular complexity index is 414. The number of aromatic nitrogens is 2. The molecule has 1 fully saturated rings. The lowest BCUT2D eigenvalue weighted by molar-refractivity contribution is 0.352. The number of hydrogen-bond donors (Lipinski definition) is 1. The highest BCUT2D eigenvalue weighted by atomic mass is 16.5. The molecule has 98 valence electrons. The molecule has 1 aliphatic rings. The average molecular weight is 247 g/mol. The van der Waals surface area contributed by atoms with Crippen molar-refractivity contribution < 1.29 is 4.74 Å². The van der Waals surface area contributed by atoms with Crippen molar-refractivity contribution >= 4 is 0 Å². The number of nitrogens with zero attached hydrogens (tertiary/aromatic N) is 2. The summed E-state index contributed by atoms with van der Waals surface area (Å²) in [6.45, 7) is 9.08. The highest BCUT2D eigenvalue weighted by Crippen LogP contribution is 2.22. The van der Waals surface area contributed by atoms with Gasteiger partial charge in [-0.1, -0.05) is 26.5 Å². The Morgan fingerprint density at radius 3 is 2.94 bits per heavy atom. The van der Waals surface area contributed by atoms with Crippen molar-refractivity contribution in [2.45, 2.75) is 45.2 Å². The van der Waals surface area contributed by atoms with Gasteiger partial charge in [0.25, 0.3) is 0 Å². The largest absolute Gasteiger partial charge is 0.486 e. The minimum atomic E-state index is 0.332. The van der Waals surface area contributed by atoms with Crippen LogP contribution in [0.5, 0.6) is 5.75 Å². The summed E-state index contributed by atoms with van der Waals surface area (Å²) in [6, 6.07) is 0.662. The number of rotatable bonds is 7. The molecule has 1 N–H and O–H groups in total. The van der Waals surface area contributed by atoms with E-state index in [-0.39, 0.29) is 0 Å². The molecule has 18 heavy (non-hydrogen) atoms. The van der Waals surface area contributed by atoms with Gasteiger partial charge >= 0.3 is 0 Å². The fourth-order valence-electron chi connectivity index (χ4n) is 1.62. The standard InChI is InChI=1S/C14H21N3O/c1-4-7-18-13-9-16-14(10(2)3)17-12(13)8-15-11-5-6-11/h4,9-11,15H,1,5-8H2,2-3H3. The second-order valence-electron chi connectivity index (χ2n) is 4.95. The first kappa shape index (κ1) is 13.0. The van der Waals surface area contributed by atoms with E-state index in [1.54, 1.807) is 12.3 Å². The van der Waals surface area contributed by atoms with E-state index >= 15 is 0 Å². The van der Waals surface area contributed by atoms with Gasteiger partial charge in [-0.2, -0.15) is 0 Å². The number of hydrogen-bond acceptors (Lipinski definition) is 4. The van der Waals surface area contributed by atoms with E-state index in [4.69, 9.17) is 4.74 Å². The van der Waals surface area contributed by atoms with Gasteiger partial charge in [-0.05, 0) is 12.8 Å². The van der Waals surface area contributed by atoms with Gasteiger partial charge in [-0.25, -0.2) is 9.97 Å². The first-order valence-corrected chi connectivity index (χ1v) is 6.53. The lowest BCUT2D eigenvalue weighted by Gasteiger charge is -2.12. The van der Waals surface area contributed by atoms with Crippen molar-refractivity contribution in [3.05, 3.63) is 30.4 Å². The predicted molar refractivity (Wildman–Crippen MR) is 71.7 cm³/mol. The summed E-state index contributed by atoms with van der Waals surface area (Å²) in [4.78, 5) is 8.93. The Balaban J connectivity index is 2.11. The average Bonchev–Trinajstić information content (AvgIpc) is 3.18. The first-order valence-electron chi connectivity index (χ1n) is 6.53. The van der Waals surface area contributed by atoms with Crippen LogP contribution in [0, 0.1) is 0 Å². The molecule has 1 aliphatic carbocycles. The van der Waals surface area contributed by atoms with Gasteiger partial charge < -0.3 is 10.1 Å². The van der Waals surface area contributed by atoms with Crippen LogP contribution in [0.2, 0.25) is 0 Å². The highest BCUT2D eigenvalue weighted by Gasteiger charge is 2.21. The Kier molecular flexibility index (Phi) is 4.31. The molecule has 0 aliphatic heterocycles. The quantitative estimate of drug-likeness (QED) is 0.752. The lowest BCUT2D eigenvalue weighted by atomic mass is 10.2. The maximum absolute atomic E-state index is 5.59. The molecule has 0 spiro atoms. The van der Waals surface area contributed by atoms with E-state index in [1.165, 1.54) is 12.8 Å². The monoisotopic (exact) mass is 247 g/mol. The van der Waals surface area contributed by atoms with Crippen LogP contribution in [0.4, 0.5) is 0 Å². The van der Waals surface area contributed by atoms with Crippen LogP contribution in [0.1, 0.15) is 44.1 Å². The summed E-state index contributed by atoms with van der Waals surface area (Å²) in [5.41, 5.74) is 0.947. The van der Waals surface area contributed by atoms with Gasteiger partial charge in [0.05, 0.1) is 11.9 Å². The van der Waals surface area contributed by atoms with Crippen molar-refractivity contribution in [1.82, 2.24) is 15.3 Å². The zero-order valence-electron chi connectivity index (χ0n) is 11.1. The Hall–Kier alpha value is -1.42. The molecule has 1 heterocycles. The molecule has 0 amide bonds. The normalized spacial score (nSPS) is 14.8. The zero-order chi connectivity index (χ0) is 13.0. The van der Waals surface area contributed by atoms with Crippen LogP contribution in [-0.2, 0) is 6.54 Å². The second-order valence-corrected chi connectivity index (χ2v) is 4.95. The molecule has 0 radical (unpaired) electrons. The molecule has 0 atom stereocenters. The topological polar surface area (TPSA) is 47.0 Å². The van der Waals surface area contributed by atoms with Crippen LogP contribution in [-0.4, -0.2) is 22.6 Å². The maximum Gasteiger partial charge on any atom is 0.160 e. The van der Waals surface area contributed by atoms with E-state index in [2.05, 4.69) is 35.7 Å². The van der Waals surface area contributed by atoms with Gasteiger partial charge in [-0.15, -0.1) is 0 Å². The summed E-state index contributed by atoms with van der Waals surface area (Å²) in [5.74, 6) is 1.96. The van der Waals surface area contributed by atoms with Crippen molar-refractivity contribution in [2.75, 3.05) is 6.61 Å². The third-order valence-electron chi connectivity index (χ3n) is 2.86. The Morgan fingerprint density at radius 2 is 2.33 bits per heavy atom. The van der Waals surface area contributed by atoms with Gasteiger partial charge in [-0.3, -0.25) is 0 Å². The number of nitrogens with one attached hydrogen (secondary N) is 1. The fourth-order valence-corrected chi connectivity index (χ4v) is 1.62. The summed E-state index contributed by atoms with van der Waals surface area (Å²) < 4.78 is 5.59. The zero-order valence-corrected chi connectivity index (χ0v) is 11.1. The molecule has 0 bridgehead atoms. The summed E-state index contributed by atoms with van der Waals surface area (Å²) in [7, 11) is 0. The van der Waals surface area contributed by atoms with Gasteiger partial charge in [0.1, 0.15) is 12.4 Å². The van der Waals surface area contributed by atoms with E-state index < -0.39 is 0 Å². The molecule has 1 aromatic heterocycles. The van der Waals surface area contributed by atoms with Crippen LogP contribution >= 0.6 is 0 Å². The van der Waals surface area contributed by atoms with Crippen molar-refractivity contribution in [3.8, 4) is 5.75 Å². The second kappa shape index (κ2) is 5.96. The summed E-state index contributed by atoms with van der Waals surface area (Å²) in [5, 5.41) is 3.46. The third-order valence-corrected chi connectivity index (χ3v) is 2.86. The van der Waals surface area contributed by atoms with E-state index in [9.17, 15) is 0 Å². The van der Waals surface area contributed by atoms with Gasteiger partial charge in [0, 0.05) is 18.5 Å². The van der Waals surface area contributed by atoms with Gasteiger partial charge in [0.2, 0.25) is 0 Å². The Labute approximate surface area is 108 Å². The molecular weight excluding hydrogens is 226 g/mol. The van der Waals surface area contributed by atoms with Crippen LogP contribution < -0.4 is 10.1 Å². The highest BCUT2D eigenvalue weighted by molar-refractivity contribution is 5.25. The minimum Gasteiger partial charge on any atom is -0.486 e. The minimum absolute atomic E-state index is 0.332. The number of ether oxygens (including phenoxy) is 1. The Morgan fingerprint density at radius 1 is 1.56 bits per heavy atom. The SMILES string of the molecule is C=CCOc1cnc(C(C)C)nc1CNC1CC1. The molecule has 0 unspecified atom stereocenters. The van der Waals surface area contributed by atoms with E-state index in [0.717, 1.165) is 23.8 Å². The summed E-state index contributed by atoms with van der Waals surface area (Å²) in [6.07, 6.45) is 6.04. The molecule has 4 heteroatoms. The van der Waals surface area contributed by atoms with Crippen molar-refractivity contribution in [1.29, 1.82) is 0 Å². The maximum atomic E-state index is 5.59. The van der Waals surface area contributed by atoms with Crippen molar-refractivity contribution in [3.63, 3.8) is 0 Å². The molecule has 1 saturated carbocycles. The molecule has 1 aromatic rings. The van der Waals surface area contributed by atoms with Crippen LogP contribution in [0.25, 0.3) is 0 Å². The fraction of sp³-hybridized carbons (Fsp3) is 0.571. The molecule has 2 rings (SSSR count). The molecule has 0 saturated heterocycles. The van der Waals surface area contributed by atoms with Gasteiger partial charge in [0.15, 0.2) is 5.75 Å². The predicted octanol–water partition coefficient (Wildman–Crippen LogP) is 2.42. The smallest absolute Gasteiger partial charge is 0.160 e. The van der Waals surface area contributed by atoms with E-state index in [1.807, 2.05) is 0 Å². The van der Waals surface area contributed by atoms with Crippen LogP contribution in [0.15, 0.2) is 18.9 Å². The molecule has 4 nitrogen and oxygen atoms in total. The van der Waals surface area contributed by atoms with E-state index in [0.29, 0.717) is 18.6 Å².